The van der Waals surface area contributed by atoms with Crippen LogP contribution in [0, 0.1) is 5.82 Å². The summed E-state index contributed by atoms with van der Waals surface area (Å²) in [5, 5.41) is 14.8. The minimum absolute atomic E-state index is 0.00949. The highest BCUT2D eigenvalue weighted by Gasteiger charge is 2.52. The van der Waals surface area contributed by atoms with Crippen LogP contribution in [0.15, 0.2) is 65.0 Å². The number of pyridine rings is 1. The third-order valence-corrected chi connectivity index (χ3v) is 7.89. The molecule has 1 aromatic carbocycles. The van der Waals surface area contributed by atoms with Crippen LogP contribution in [0.1, 0.15) is 24.2 Å². The molecule has 0 bridgehead atoms. The first kappa shape index (κ1) is 27.1. The van der Waals surface area contributed by atoms with E-state index in [0.717, 1.165) is 53.4 Å². The van der Waals surface area contributed by atoms with Crippen LogP contribution in [0.25, 0.3) is 11.3 Å². The van der Waals surface area contributed by atoms with Gasteiger partial charge in [-0.1, -0.05) is 5.16 Å². The average molecular weight is 553 g/mol. The zero-order chi connectivity index (χ0) is 27.6. The molecule has 15 heteroatoms. The Bertz CT molecular complexity index is 1450. The predicted molar refractivity (Wildman–Crippen MR) is 125 cm³/mol. The maximum atomic E-state index is 13.3. The number of nitrogens with one attached hydrogen (secondary N) is 1. The molecule has 10 nitrogen and oxygen atoms in total. The van der Waals surface area contributed by atoms with Gasteiger partial charge in [-0.15, -0.1) is 0 Å². The normalized spacial score (nSPS) is 18.6. The van der Waals surface area contributed by atoms with Crippen LogP contribution in [0.5, 0.6) is 0 Å². The lowest BCUT2D eigenvalue weighted by Gasteiger charge is -2.32. The summed E-state index contributed by atoms with van der Waals surface area (Å²) in [4.78, 5) is 24.5. The molecule has 4 rings (SSSR count). The molecular weight excluding hydrogens is 532 g/mol. The molecule has 38 heavy (non-hydrogen) atoms. The van der Waals surface area contributed by atoms with Crippen molar-refractivity contribution in [3.05, 3.63) is 72.2 Å². The number of hydrogen-bond donors (Lipinski definition) is 2. The summed E-state index contributed by atoms with van der Waals surface area (Å²) in [5.41, 5.74) is -2.13. The molecule has 1 aliphatic rings. The van der Waals surface area contributed by atoms with Crippen LogP contribution in [-0.4, -0.2) is 57.1 Å². The number of carbonyl (C=O) groups excluding carboxylic acids is 1. The molecule has 0 aliphatic carbocycles. The van der Waals surface area contributed by atoms with Crippen molar-refractivity contribution in [3.8, 4) is 11.3 Å². The second-order valence-electron chi connectivity index (χ2n) is 8.31. The highest BCUT2D eigenvalue weighted by atomic mass is 32.2. The average Bonchev–Trinajstić information content (AvgIpc) is 3.33. The molecule has 1 aliphatic heterocycles. The molecule has 2 aromatic heterocycles. The summed E-state index contributed by atoms with van der Waals surface area (Å²) in [6.45, 7) is -0.258. The zero-order valence-electron chi connectivity index (χ0n) is 19.4. The molecule has 1 saturated heterocycles. The van der Waals surface area contributed by atoms with Gasteiger partial charge in [0.2, 0.25) is 15.9 Å². The first-order valence-corrected chi connectivity index (χ1v) is 12.5. The van der Waals surface area contributed by atoms with Gasteiger partial charge in [0.15, 0.2) is 5.54 Å². The minimum Gasteiger partial charge on any atom is -0.411 e. The number of amides is 1. The molecule has 0 radical (unpaired) electrons. The Kier molecular flexibility index (Phi) is 7.42. The highest BCUT2D eigenvalue weighted by molar-refractivity contribution is 7.89. The molecule has 1 fully saturated rings. The van der Waals surface area contributed by atoms with Crippen LogP contribution < -0.4 is 5.32 Å². The Morgan fingerprint density at radius 3 is 2.53 bits per heavy atom. The van der Waals surface area contributed by atoms with E-state index in [9.17, 15) is 36.0 Å². The van der Waals surface area contributed by atoms with E-state index in [4.69, 9.17) is 0 Å². The summed E-state index contributed by atoms with van der Waals surface area (Å²) in [6, 6.07) is 7.53. The lowest BCUT2D eigenvalue weighted by Crippen LogP contribution is -2.58. The standard InChI is InChI=1S/C23H20F4N6O4S/c24-16-3-5-18(6-4-16)38(36,37)33-9-1-8-22(33,13-32-35)21(34)29-12-17-10-19(31-14-30-17)15-2-7-20(28-11-15)23(25,26)27/h2-7,10-11,13-14,35H,1,8-9,12H2,(H,29,34)/b32-13+/t22-/m1/s1. The monoisotopic (exact) mass is 552 g/mol. The van der Waals surface area contributed by atoms with Gasteiger partial charge in [-0.2, -0.15) is 17.5 Å². The van der Waals surface area contributed by atoms with Gasteiger partial charge in [-0.3, -0.25) is 9.78 Å². The maximum absolute atomic E-state index is 13.3. The molecule has 3 aromatic rings. The smallest absolute Gasteiger partial charge is 0.411 e. The van der Waals surface area contributed by atoms with Crippen molar-refractivity contribution in [1.29, 1.82) is 0 Å². The summed E-state index contributed by atoms with van der Waals surface area (Å²) in [7, 11) is -4.28. The number of alkyl halides is 3. The van der Waals surface area contributed by atoms with Crippen LogP contribution in [0.3, 0.4) is 0 Å². The number of sulfonamides is 1. The van der Waals surface area contributed by atoms with Gasteiger partial charge < -0.3 is 10.5 Å². The van der Waals surface area contributed by atoms with Crippen LogP contribution in [0.4, 0.5) is 17.6 Å². The van der Waals surface area contributed by atoms with E-state index >= 15 is 0 Å². The second-order valence-corrected chi connectivity index (χ2v) is 10.2. The van der Waals surface area contributed by atoms with Crippen LogP contribution >= 0.6 is 0 Å². The number of aromatic nitrogens is 3. The second kappa shape index (κ2) is 10.4. The fourth-order valence-corrected chi connectivity index (χ4v) is 5.84. The van der Waals surface area contributed by atoms with Crippen LogP contribution in [0.2, 0.25) is 0 Å². The van der Waals surface area contributed by atoms with Crippen molar-refractivity contribution in [3.63, 3.8) is 0 Å². The molecule has 1 atom stereocenters. The summed E-state index contributed by atoms with van der Waals surface area (Å²) < 4.78 is 79.1. The number of oxime groups is 1. The van der Waals surface area contributed by atoms with Crippen molar-refractivity contribution in [1.82, 2.24) is 24.6 Å². The van der Waals surface area contributed by atoms with Gasteiger partial charge in [-0.25, -0.2) is 22.8 Å². The lowest BCUT2D eigenvalue weighted by molar-refractivity contribution is -0.141. The van der Waals surface area contributed by atoms with E-state index in [-0.39, 0.29) is 47.8 Å². The van der Waals surface area contributed by atoms with Crippen LogP contribution in [-0.2, 0) is 27.5 Å². The predicted octanol–water partition coefficient (Wildman–Crippen LogP) is 3.00. The van der Waals surface area contributed by atoms with Gasteiger partial charge in [0.05, 0.1) is 29.0 Å². The number of benzene rings is 1. The molecular formula is C23H20F4N6O4S. The first-order valence-electron chi connectivity index (χ1n) is 11.1. The van der Waals surface area contributed by atoms with Crippen molar-refractivity contribution in [2.24, 2.45) is 5.16 Å². The minimum atomic E-state index is -4.59. The third kappa shape index (κ3) is 5.33. The van der Waals surface area contributed by atoms with Crippen molar-refractivity contribution in [2.75, 3.05) is 6.54 Å². The summed E-state index contributed by atoms with van der Waals surface area (Å²) in [5.74, 6) is -1.43. The van der Waals surface area contributed by atoms with E-state index in [1.165, 1.54) is 12.1 Å². The molecule has 200 valence electrons. The number of halogens is 4. The Labute approximate surface area is 214 Å². The Balaban J connectivity index is 1.55. The molecule has 0 saturated carbocycles. The molecule has 2 N–H and O–H groups in total. The topological polar surface area (TPSA) is 138 Å². The Morgan fingerprint density at radius 1 is 1.16 bits per heavy atom. The molecule has 3 heterocycles. The zero-order valence-corrected chi connectivity index (χ0v) is 20.2. The molecule has 0 unspecified atom stereocenters. The van der Waals surface area contributed by atoms with Gasteiger partial charge in [0.1, 0.15) is 17.8 Å². The fourth-order valence-electron chi connectivity index (χ4n) is 4.08. The Hall–Kier alpha value is -3.98. The van der Waals surface area contributed by atoms with E-state index in [1.54, 1.807) is 0 Å². The number of rotatable bonds is 7. The third-order valence-electron chi connectivity index (χ3n) is 5.93. The number of carbonyl (C=O) groups is 1. The summed E-state index contributed by atoms with van der Waals surface area (Å²) in [6.07, 6.45) is -1.31. The van der Waals surface area contributed by atoms with Crippen molar-refractivity contribution < 1.29 is 36.0 Å². The highest BCUT2D eigenvalue weighted by Crippen LogP contribution is 2.34. The van der Waals surface area contributed by atoms with E-state index < -0.39 is 39.2 Å². The quantitative estimate of drug-likeness (QED) is 0.199. The maximum Gasteiger partial charge on any atom is 0.433 e. The molecule has 1 amide bonds. The lowest BCUT2D eigenvalue weighted by atomic mass is 9.98. The number of hydrogen-bond acceptors (Lipinski definition) is 8. The van der Waals surface area contributed by atoms with Crippen molar-refractivity contribution in [2.45, 2.75) is 36.0 Å². The van der Waals surface area contributed by atoms with E-state index in [1.807, 2.05) is 0 Å². The Morgan fingerprint density at radius 2 is 1.89 bits per heavy atom. The largest absolute Gasteiger partial charge is 0.433 e. The molecule has 0 spiro atoms. The fraction of sp³-hybridized carbons (Fsp3) is 0.261. The SMILES string of the molecule is O=C(NCc1cc(-c2ccc(C(F)(F)F)nc2)ncn1)[C@]1(/C=N/O)CCCN1S(=O)(=O)c1ccc(F)cc1. The van der Waals surface area contributed by atoms with Gasteiger partial charge in [0, 0.05) is 18.3 Å². The first-order chi connectivity index (χ1) is 18.0. The number of nitrogens with zero attached hydrogens (tertiary/aromatic N) is 5. The van der Waals surface area contributed by atoms with Crippen molar-refractivity contribution >= 4 is 22.1 Å². The summed E-state index contributed by atoms with van der Waals surface area (Å²) >= 11 is 0. The van der Waals surface area contributed by atoms with Gasteiger partial charge in [0.25, 0.3) is 0 Å². The van der Waals surface area contributed by atoms with Gasteiger partial charge in [-0.05, 0) is 55.3 Å². The van der Waals surface area contributed by atoms with E-state index in [2.05, 4.69) is 25.4 Å². The van der Waals surface area contributed by atoms with Gasteiger partial charge >= 0.3 is 6.18 Å². The van der Waals surface area contributed by atoms with E-state index in [0.29, 0.717) is 0 Å².